The second-order valence-corrected chi connectivity index (χ2v) is 10.8. The van der Waals surface area contributed by atoms with Gasteiger partial charge in [0.2, 0.25) is 0 Å². The fourth-order valence-electron chi connectivity index (χ4n) is 5.08. The van der Waals surface area contributed by atoms with Crippen molar-refractivity contribution in [2.75, 3.05) is 19.6 Å². The van der Waals surface area contributed by atoms with Crippen molar-refractivity contribution in [3.05, 3.63) is 0 Å². The monoisotopic (exact) mass is 513 g/mol. The summed E-state index contributed by atoms with van der Waals surface area (Å²) in [5.74, 6) is -1.37. The van der Waals surface area contributed by atoms with Crippen LogP contribution in [0.4, 0.5) is 0 Å². The van der Waals surface area contributed by atoms with Gasteiger partial charge in [-0.1, -0.05) is 117 Å². The Bertz CT molecular complexity index is 485. The molecule has 0 unspecified atom stereocenters. The lowest BCUT2D eigenvalue weighted by Gasteiger charge is -2.34. The van der Waals surface area contributed by atoms with E-state index >= 15 is 0 Å². The molecule has 0 aliphatic carbocycles. The maximum Gasteiger partial charge on any atom is 0.303 e. The van der Waals surface area contributed by atoms with E-state index in [2.05, 4.69) is 18.7 Å². The van der Waals surface area contributed by atoms with E-state index in [1.54, 1.807) is 0 Å². The molecule has 0 saturated carbocycles. The third-order valence-corrected chi connectivity index (χ3v) is 7.48. The molecule has 0 aromatic carbocycles. The third-order valence-electron chi connectivity index (χ3n) is 7.48. The van der Waals surface area contributed by atoms with E-state index in [9.17, 15) is 14.7 Å². The van der Waals surface area contributed by atoms with Crippen LogP contribution in [0.5, 0.6) is 0 Å². The predicted molar refractivity (Wildman–Crippen MR) is 150 cm³/mol. The first-order valence-corrected chi connectivity index (χ1v) is 15.2. The lowest BCUT2D eigenvalue weighted by atomic mass is 9.89. The zero-order valence-electron chi connectivity index (χ0n) is 23.8. The first-order valence-electron chi connectivity index (χ1n) is 15.2. The SMILES string of the molecule is CCN(CC)CC(O)(CCCCCCCCCCCC(=O)O)CCCCCCCCCCCC(=O)O. The molecule has 214 valence electrons. The molecule has 0 radical (unpaired) electrons. The zero-order chi connectivity index (χ0) is 26.9. The minimum atomic E-state index is -0.686. The summed E-state index contributed by atoms with van der Waals surface area (Å²) in [5, 5.41) is 28.8. The van der Waals surface area contributed by atoms with E-state index in [0.29, 0.717) is 12.8 Å². The summed E-state index contributed by atoms with van der Waals surface area (Å²) < 4.78 is 0. The van der Waals surface area contributed by atoms with Crippen molar-refractivity contribution in [1.29, 1.82) is 0 Å². The maximum atomic E-state index is 11.4. The molecule has 0 amide bonds. The van der Waals surface area contributed by atoms with Crippen LogP contribution in [0.3, 0.4) is 0 Å². The number of rotatable bonds is 28. The van der Waals surface area contributed by atoms with Gasteiger partial charge in [0.15, 0.2) is 0 Å². The van der Waals surface area contributed by atoms with Gasteiger partial charge in [-0.3, -0.25) is 9.59 Å². The van der Waals surface area contributed by atoms with Crippen LogP contribution in [-0.4, -0.2) is 57.4 Å². The van der Waals surface area contributed by atoms with E-state index in [1.807, 2.05) is 0 Å². The summed E-state index contributed by atoms with van der Waals surface area (Å²) in [6.07, 6.45) is 22.7. The Morgan fingerprint density at radius 2 is 0.806 bits per heavy atom. The molecule has 0 saturated heterocycles. The van der Waals surface area contributed by atoms with E-state index < -0.39 is 17.5 Å². The molecule has 6 nitrogen and oxygen atoms in total. The van der Waals surface area contributed by atoms with Gasteiger partial charge in [-0.05, 0) is 38.8 Å². The van der Waals surface area contributed by atoms with Gasteiger partial charge < -0.3 is 20.2 Å². The Morgan fingerprint density at radius 1 is 0.528 bits per heavy atom. The number of carboxylic acids is 2. The second-order valence-electron chi connectivity index (χ2n) is 10.8. The molecule has 0 rings (SSSR count). The predicted octanol–water partition coefficient (Wildman–Crippen LogP) is 7.81. The van der Waals surface area contributed by atoms with E-state index in [1.165, 1.54) is 64.2 Å². The molecule has 3 N–H and O–H groups in total. The first-order chi connectivity index (χ1) is 17.3. The number of nitrogens with zero attached hydrogens (tertiary/aromatic N) is 1. The second kappa shape index (κ2) is 24.2. The van der Waals surface area contributed by atoms with Gasteiger partial charge in [-0.25, -0.2) is 0 Å². The number of likely N-dealkylation sites (N-methyl/N-ethyl adjacent to an activating group) is 1. The zero-order valence-corrected chi connectivity index (χ0v) is 23.8. The lowest BCUT2D eigenvalue weighted by Crippen LogP contribution is -2.43. The van der Waals surface area contributed by atoms with Crippen LogP contribution in [0.25, 0.3) is 0 Å². The third kappa shape index (κ3) is 23.3. The van der Waals surface area contributed by atoms with Gasteiger partial charge >= 0.3 is 11.9 Å². The van der Waals surface area contributed by atoms with Gasteiger partial charge in [0, 0.05) is 19.4 Å². The van der Waals surface area contributed by atoms with Crippen LogP contribution in [-0.2, 0) is 9.59 Å². The maximum absolute atomic E-state index is 11.4. The van der Waals surface area contributed by atoms with Crippen molar-refractivity contribution in [3.8, 4) is 0 Å². The largest absolute Gasteiger partial charge is 0.481 e. The molecule has 0 heterocycles. The molecule has 0 bridgehead atoms. The minimum Gasteiger partial charge on any atom is -0.481 e. The fourth-order valence-corrected chi connectivity index (χ4v) is 5.08. The van der Waals surface area contributed by atoms with Crippen LogP contribution < -0.4 is 0 Å². The molecule has 0 aliphatic heterocycles. The quantitative estimate of drug-likeness (QED) is 0.0923. The number of unbranched alkanes of at least 4 members (excludes halogenated alkanes) is 16. The Hall–Kier alpha value is -1.14. The molecule has 0 aromatic heterocycles. The minimum absolute atomic E-state index is 0.300. The van der Waals surface area contributed by atoms with Crippen molar-refractivity contribution in [1.82, 2.24) is 4.90 Å². The van der Waals surface area contributed by atoms with Crippen molar-refractivity contribution >= 4 is 11.9 Å². The highest BCUT2D eigenvalue weighted by Gasteiger charge is 2.27. The number of carbonyl (C=O) groups is 2. The van der Waals surface area contributed by atoms with Crippen molar-refractivity contribution in [2.45, 2.75) is 161 Å². The lowest BCUT2D eigenvalue weighted by molar-refractivity contribution is -0.138. The number of aliphatic hydroxyl groups is 1. The van der Waals surface area contributed by atoms with Crippen molar-refractivity contribution < 1.29 is 24.9 Å². The normalized spacial score (nSPS) is 11.9. The van der Waals surface area contributed by atoms with Gasteiger partial charge in [0.25, 0.3) is 0 Å². The number of hydrogen-bond acceptors (Lipinski definition) is 4. The summed E-state index contributed by atoms with van der Waals surface area (Å²) in [6, 6.07) is 0. The smallest absolute Gasteiger partial charge is 0.303 e. The molecule has 0 fully saturated rings. The first kappa shape index (κ1) is 34.9. The summed E-state index contributed by atoms with van der Waals surface area (Å²) >= 11 is 0. The molecule has 36 heavy (non-hydrogen) atoms. The van der Waals surface area contributed by atoms with Crippen molar-refractivity contribution in [2.24, 2.45) is 0 Å². The molecular weight excluding hydrogens is 454 g/mol. The van der Waals surface area contributed by atoms with E-state index in [-0.39, 0.29) is 0 Å². The number of aliphatic carboxylic acids is 2. The standard InChI is InChI=1S/C30H59NO5/c1-3-31(4-2)27-30(36,25-21-17-13-9-5-7-11-15-19-23-28(32)33)26-22-18-14-10-6-8-12-16-20-24-29(34)35/h36H,3-27H2,1-2H3,(H,32,33)(H,34,35). The van der Waals surface area contributed by atoms with Crippen molar-refractivity contribution in [3.63, 3.8) is 0 Å². The number of hydrogen-bond donors (Lipinski definition) is 3. The van der Waals surface area contributed by atoms with Gasteiger partial charge in [-0.15, -0.1) is 0 Å². The Balaban J connectivity index is 3.97. The topological polar surface area (TPSA) is 98.1 Å². The summed E-state index contributed by atoms with van der Waals surface area (Å²) in [6.45, 7) is 7.10. The molecule has 0 aliphatic rings. The molecule has 0 aromatic rings. The Kier molecular flexibility index (Phi) is 23.4. The van der Waals surface area contributed by atoms with Crippen LogP contribution in [0.15, 0.2) is 0 Å². The Morgan fingerprint density at radius 3 is 1.08 bits per heavy atom. The number of carboxylic acid groups (broad SMARTS) is 2. The van der Waals surface area contributed by atoms with Crippen LogP contribution in [0, 0.1) is 0 Å². The van der Waals surface area contributed by atoms with Crippen LogP contribution >= 0.6 is 0 Å². The average Bonchev–Trinajstić information content (AvgIpc) is 2.84. The van der Waals surface area contributed by atoms with E-state index in [4.69, 9.17) is 10.2 Å². The molecule has 0 atom stereocenters. The van der Waals surface area contributed by atoms with E-state index in [0.717, 1.165) is 83.8 Å². The highest BCUT2D eigenvalue weighted by molar-refractivity contribution is 5.66. The molecule has 6 heteroatoms. The highest BCUT2D eigenvalue weighted by atomic mass is 16.4. The van der Waals surface area contributed by atoms with Crippen LogP contribution in [0.2, 0.25) is 0 Å². The van der Waals surface area contributed by atoms with Gasteiger partial charge in [-0.2, -0.15) is 0 Å². The molecular formula is C30H59NO5. The summed E-state index contributed by atoms with van der Waals surface area (Å²) in [5.41, 5.74) is -0.569. The molecule has 0 spiro atoms. The van der Waals surface area contributed by atoms with Crippen LogP contribution in [0.1, 0.15) is 155 Å². The summed E-state index contributed by atoms with van der Waals surface area (Å²) in [7, 11) is 0. The highest BCUT2D eigenvalue weighted by Crippen LogP contribution is 2.25. The average molecular weight is 514 g/mol. The van der Waals surface area contributed by atoms with Gasteiger partial charge in [0.1, 0.15) is 0 Å². The fraction of sp³-hybridized carbons (Fsp3) is 0.933. The summed E-state index contributed by atoms with van der Waals surface area (Å²) in [4.78, 5) is 23.4. The van der Waals surface area contributed by atoms with Gasteiger partial charge in [0.05, 0.1) is 5.60 Å². The Labute approximate surface area is 222 Å².